The van der Waals surface area contributed by atoms with E-state index in [1.807, 2.05) is 124 Å². The van der Waals surface area contributed by atoms with Crippen molar-refractivity contribution in [3.63, 3.8) is 0 Å². The van der Waals surface area contributed by atoms with Gasteiger partial charge in [0.25, 0.3) is 0 Å². The molecule has 0 radical (unpaired) electrons. The second-order valence-corrected chi connectivity index (χ2v) is 20.9. The lowest BCUT2D eigenvalue weighted by Crippen LogP contribution is -2.46. The van der Waals surface area contributed by atoms with Gasteiger partial charge in [0.2, 0.25) is 17.7 Å². The van der Waals surface area contributed by atoms with E-state index in [-0.39, 0.29) is 37.0 Å². The number of rotatable bonds is 6. The first-order chi connectivity index (χ1) is 39.4. The monoisotopic (exact) mass is 1060 g/mol. The quantitative estimate of drug-likeness (QED) is 0.163. The van der Waals surface area contributed by atoms with Gasteiger partial charge in [0.05, 0.1) is 19.3 Å². The number of nitrogens with zero attached hydrogens (tertiary/aromatic N) is 5. The Morgan fingerprint density at radius 1 is 0.300 bits per heavy atom. The lowest BCUT2D eigenvalue weighted by atomic mass is 10.0. The molecule has 0 unspecified atom stereocenters. The predicted molar refractivity (Wildman–Crippen MR) is 318 cm³/mol. The van der Waals surface area contributed by atoms with E-state index < -0.39 is 0 Å². The summed E-state index contributed by atoms with van der Waals surface area (Å²) in [5, 5.41) is 6.43. The SMILES string of the molecule is O=C(Cc1cccc2ccccc12)N1CCN2CCN(C(=O)Cc3cccc4ccccc34)Cc3ccccc3OCCN(CCOc3ccccc3C1)CCOc1ccccc1CN(C(=O)Cc1cccc3ccccc13)CC2. The molecule has 0 fully saturated rings. The minimum absolute atomic E-state index is 0.00133. The van der Waals surface area contributed by atoms with Crippen LogP contribution in [0, 0.1) is 0 Å². The summed E-state index contributed by atoms with van der Waals surface area (Å²) in [6.07, 6.45) is 0.652. The molecule has 0 atom stereocenters. The van der Waals surface area contributed by atoms with Crippen molar-refractivity contribution in [1.82, 2.24) is 24.5 Å². The molecule has 3 amide bonds. The van der Waals surface area contributed by atoms with E-state index in [2.05, 4.69) is 101 Å². The zero-order chi connectivity index (χ0) is 54.5. The van der Waals surface area contributed by atoms with Gasteiger partial charge in [0, 0.05) is 95.2 Å². The smallest absolute Gasteiger partial charge is 0.227 e. The van der Waals surface area contributed by atoms with Crippen LogP contribution in [0.25, 0.3) is 32.3 Å². The molecule has 0 aliphatic carbocycles. The normalized spacial score (nSPS) is 17.0. The lowest BCUT2D eigenvalue weighted by molar-refractivity contribution is -0.131. The molecule has 0 spiro atoms. The van der Waals surface area contributed by atoms with Gasteiger partial charge >= 0.3 is 0 Å². The molecule has 9 aromatic carbocycles. The van der Waals surface area contributed by atoms with Crippen molar-refractivity contribution < 1.29 is 28.6 Å². The van der Waals surface area contributed by atoms with Gasteiger partial charge in [0.1, 0.15) is 37.1 Å². The maximum absolute atomic E-state index is 15.1. The number of carbonyl (C=O) groups is 3. The van der Waals surface area contributed by atoms with Gasteiger partial charge in [-0.3, -0.25) is 24.2 Å². The third-order valence-corrected chi connectivity index (χ3v) is 15.8. The van der Waals surface area contributed by atoms with Gasteiger partial charge in [0.15, 0.2) is 0 Å². The minimum atomic E-state index is -0.00133. The molecule has 0 aromatic heterocycles. The van der Waals surface area contributed by atoms with Crippen molar-refractivity contribution in [2.75, 3.05) is 78.7 Å². The van der Waals surface area contributed by atoms with Crippen LogP contribution in [0.1, 0.15) is 33.4 Å². The second-order valence-electron chi connectivity index (χ2n) is 20.9. The number of hydrogen-bond acceptors (Lipinski definition) is 8. The third kappa shape index (κ3) is 13.3. The number of hydrogen-bond donors (Lipinski definition) is 0. The number of ether oxygens (including phenoxy) is 3. The van der Waals surface area contributed by atoms with Crippen LogP contribution in [0.4, 0.5) is 0 Å². The summed E-state index contributed by atoms with van der Waals surface area (Å²) < 4.78 is 20.0. The largest absolute Gasteiger partial charge is 0.492 e. The molecule has 3 aliphatic heterocycles. The van der Waals surface area contributed by atoms with E-state index in [9.17, 15) is 0 Å². The van der Waals surface area contributed by atoms with Gasteiger partial charge < -0.3 is 28.9 Å². The maximum Gasteiger partial charge on any atom is 0.227 e. The molecule has 2 bridgehead atoms. The highest BCUT2D eigenvalue weighted by Gasteiger charge is 2.25. The van der Waals surface area contributed by atoms with Gasteiger partial charge in [-0.05, 0) is 67.2 Å². The number of para-hydroxylation sites is 3. The summed E-state index contributed by atoms with van der Waals surface area (Å²) >= 11 is 0. The minimum Gasteiger partial charge on any atom is -0.492 e. The van der Waals surface area contributed by atoms with Crippen molar-refractivity contribution in [1.29, 1.82) is 0 Å². The number of carbonyl (C=O) groups excluding carboxylic acids is 3. The van der Waals surface area contributed by atoms with Crippen LogP contribution in [0.3, 0.4) is 0 Å². The van der Waals surface area contributed by atoms with Crippen molar-refractivity contribution in [2.24, 2.45) is 0 Å². The molecule has 3 heterocycles. The van der Waals surface area contributed by atoms with Crippen LogP contribution in [-0.2, 0) is 53.3 Å². The van der Waals surface area contributed by atoms with Gasteiger partial charge in [-0.25, -0.2) is 0 Å². The molecule has 11 heteroatoms. The number of benzene rings is 9. The van der Waals surface area contributed by atoms with Crippen LogP contribution < -0.4 is 14.2 Å². The molecule has 406 valence electrons. The van der Waals surface area contributed by atoms with Gasteiger partial charge in [-0.1, -0.05) is 182 Å². The van der Waals surface area contributed by atoms with E-state index in [0.717, 1.165) is 82.9 Å². The zero-order valence-corrected chi connectivity index (χ0v) is 45.5. The molecule has 11 nitrogen and oxygen atoms in total. The highest BCUT2D eigenvalue weighted by molar-refractivity contribution is 5.92. The standard InChI is InChI=1S/C69H69N5O6/c75-67(46-55-25-13-22-52-16-1-7-28-61(52)55)72-37-34-70-35-38-73(68(76)47-56-26-14-23-53-17-2-8-29-62(53)56)50-59-20-5-11-32-65(59)79-44-41-71(40-43-78-64-31-10-4-19-58(64)49-72)42-45-80-66-33-12-6-21-60(66)51-74(39-36-70)69(77)48-57-27-15-24-54-18-3-9-30-63(54)57/h1-33H,34-51H2. The second kappa shape index (κ2) is 26.0. The van der Waals surface area contributed by atoms with Crippen LogP contribution in [0.5, 0.6) is 17.2 Å². The summed E-state index contributed by atoms with van der Waals surface area (Å²) in [6.45, 7) is 6.46. The van der Waals surface area contributed by atoms with E-state index in [0.29, 0.717) is 98.4 Å². The summed E-state index contributed by atoms with van der Waals surface area (Å²) in [4.78, 5) is 55.9. The van der Waals surface area contributed by atoms with Gasteiger partial charge in [-0.2, -0.15) is 0 Å². The highest BCUT2D eigenvalue weighted by atomic mass is 16.5. The molecular formula is C69H69N5O6. The number of fused-ring (bicyclic) bond motifs is 18. The fourth-order valence-corrected chi connectivity index (χ4v) is 11.3. The van der Waals surface area contributed by atoms with Crippen molar-refractivity contribution in [3.05, 3.63) is 234 Å². The lowest BCUT2D eigenvalue weighted by Gasteiger charge is -2.33. The molecule has 0 saturated carbocycles. The first-order valence-corrected chi connectivity index (χ1v) is 28.2. The Labute approximate surface area is 469 Å². The zero-order valence-electron chi connectivity index (χ0n) is 45.5. The molecule has 0 N–H and O–H groups in total. The summed E-state index contributed by atoms with van der Waals surface area (Å²) in [5.41, 5.74) is 5.65. The van der Waals surface area contributed by atoms with Crippen LogP contribution in [0.2, 0.25) is 0 Å². The van der Waals surface area contributed by atoms with Gasteiger partial charge in [-0.15, -0.1) is 0 Å². The first kappa shape index (κ1) is 53.5. The van der Waals surface area contributed by atoms with Crippen molar-refractivity contribution in [3.8, 4) is 17.2 Å². The van der Waals surface area contributed by atoms with Crippen LogP contribution >= 0.6 is 0 Å². The predicted octanol–water partition coefficient (Wildman–Crippen LogP) is 11.0. The van der Waals surface area contributed by atoms with Crippen molar-refractivity contribution in [2.45, 2.75) is 38.9 Å². The Hall–Kier alpha value is -8.51. The first-order valence-electron chi connectivity index (χ1n) is 28.2. The molecule has 3 aliphatic rings. The topological polar surface area (TPSA) is 95.1 Å². The summed E-state index contributed by atoms with van der Waals surface area (Å²) in [6, 6.07) is 67.2. The third-order valence-electron chi connectivity index (χ3n) is 15.8. The summed E-state index contributed by atoms with van der Waals surface area (Å²) in [5.74, 6) is 2.18. The van der Waals surface area contributed by atoms with Crippen LogP contribution in [0.15, 0.2) is 200 Å². The Morgan fingerprint density at radius 2 is 0.575 bits per heavy atom. The molecular weight excluding hydrogens is 995 g/mol. The molecule has 0 saturated heterocycles. The Kier molecular flexibility index (Phi) is 17.4. The molecule has 9 aromatic rings. The average Bonchev–Trinajstić information content (AvgIpc) is 3.49. The maximum atomic E-state index is 15.1. The summed E-state index contributed by atoms with van der Waals surface area (Å²) in [7, 11) is 0. The van der Waals surface area contributed by atoms with E-state index >= 15 is 14.4 Å². The number of amides is 3. The fourth-order valence-electron chi connectivity index (χ4n) is 11.3. The van der Waals surface area contributed by atoms with E-state index in [1.165, 1.54) is 0 Å². The highest BCUT2D eigenvalue weighted by Crippen LogP contribution is 2.28. The van der Waals surface area contributed by atoms with E-state index in [1.54, 1.807) is 0 Å². The Bertz CT molecular complexity index is 3210. The van der Waals surface area contributed by atoms with Crippen LogP contribution in [-0.4, -0.2) is 121 Å². The Balaban J connectivity index is 0.988. The van der Waals surface area contributed by atoms with Crippen molar-refractivity contribution >= 4 is 50.0 Å². The average molecular weight is 1060 g/mol. The fraction of sp³-hybridized carbons (Fsp3) is 0.261. The molecule has 12 rings (SSSR count). The van der Waals surface area contributed by atoms with E-state index in [4.69, 9.17) is 14.2 Å². The molecule has 80 heavy (non-hydrogen) atoms. The Morgan fingerprint density at radius 3 is 0.912 bits per heavy atom.